The van der Waals surface area contributed by atoms with Crippen LogP contribution in [0.1, 0.15) is 11.1 Å². The van der Waals surface area contributed by atoms with E-state index in [4.69, 9.17) is 0 Å². The quantitative estimate of drug-likeness (QED) is 0.150. The van der Waals surface area contributed by atoms with Crippen molar-refractivity contribution < 1.29 is 0 Å². The minimum atomic E-state index is 1.09. The van der Waals surface area contributed by atoms with Gasteiger partial charge in [0.15, 0.2) is 0 Å². The summed E-state index contributed by atoms with van der Waals surface area (Å²) in [5.74, 6) is 0. The predicted octanol–water partition coefficient (Wildman–Crippen LogP) is 15.5. The fourth-order valence-electron chi connectivity index (χ4n) is 8.60. The molecule has 0 fully saturated rings. The van der Waals surface area contributed by atoms with Crippen molar-refractivity contribution >= 4 is 38.9 Å². The molecule has 1 heterocycles. The van der Waals surface area contributed by atoms with Gasteiger partial charge in [0.1, 0.15) is 0 Å². The molecule has 0 N–H and O–H groups in total. The van der Waals surface area contributed by atoms with Crippen molar-refractivity contribution in [2.24, 2.45) is 0 Å². The molecule has 0 aliphatic carbocycles. The molecule has 276 valence electrons. The molecule has 58 heavy (non-hydrogen) atoms. The fraction of sp³-hybridized carbons (Fsp3) is 0.0357. The van der Waals surface area contributed by atoms with Crippen molar-refractivity contribution in [2.75, 3.05) is 4.90 Å². The van der Waals surface area contributed by atoms with Crippen LogP contribution in [-0.4, -0.2) is 4.57 Å². The number of para-hydroxylation sites is 2. The molecule has 0 aliphatic rings. The maximum absolute atomic E-state index is 2.51. The Hall–Kier alpha value is -7.42. The molecule has 10 rings (SSSR count). The highest BCUT2D eigenvalue weighted by molar-refractivity contribution is 6.17. The second-order valence-electron chi connectivity index (χ2n) is 15.1. The van der Waals surface area contributed by atoms with Crippen LogP contribution in [-0.2, 0) is 0 Å². The molecule has 0 bridgehead atoms. The third kappa shape index (κ3) is 6.35. The van der Waals surface area contributed by atoms with Gasteiger partial charge in [0, 0.05) is 33.3 Å². The van der Waals surface area contributed by atoms with Gasteiger partial charge in [0.25, 0.3) is 0 Å². The lowest BCUT2D eigenvalue weighted by molar-refractivity contribution is 1.18. The topological polar surface area (TPSA) is 8.17 Å². The average Bonchev–Trinajstić information content (AvgIpc) is 3.62. The molecular formula is C56H42N2. The molecule has 0 spiro atoms. The van der Waals surface area contributed by atoms with Gasteiger partial charge < -0.3 is 9.47 Å². The Morgan fingerprint density at radius 1 is 0.345 bits per heavy atom. The summed E-state index contributed by atoms with van der Waals surface area (Å²) in [6.07, 6.45) is 0. The standard InChI is InChI=1S/C56H42N2/c1-39-15-11-21-45(37-39)49-24-13-25-50(46-22-12-16-40(2)38-46)56(49)58-52-26-10-9-23-51(52)55-53(27-14-28-54(55)58)57(47-33-29-43(30-34-47)41-17-5-3-6-18-41)48-35-31-44(32-36-48)42-19-7-4-8-20-42/h3-38H,1-2H3. The van der Waals surface area contributed by atoms with Crippen molar-refractivity contribution in [3.05, 3.63) is 230 Å². The second-order valence-corrected chi connectivity index (χ2v) is 15.1. The van der Waals surface area contributed by atoms with E-state index in [9.17, 15) is 0 Å². The van der Waals surface area contributed by atoms with Gasteiger partial charge in [-0.1, -0.05) is 187 Å². The van der Waals surface area contributed by atoms with Gasteiger partial charge in [-0.25, -0.2) is 0 Å². The molecule has 0 amide bonds. The minimum absolute atomic E-state index is 1.09. The molecule has 0 aliphatic heterocycles. The van der Waals surface area contributed by atoms with Crippen LogP contribution < -0.4 is 4.90 Å². The molecule has 0 saturated carbocycles. The SMILES string of the molecule is Cc1cccc(-c2cccc(-c3cccc(C)c3)c2-n2c3ccccc3c3c(N(c4ccc(-c5ccccc5)cc4)c4ccc(-c5ccccc5)cc4)cccc32)c1. The normalized spacial score (nSPS) is 11.3. The van der Waals surface area contributed by atoms with Crippen molar-refractivity contribution in [3.63, 3.8) is 0 Å². The Labute approximate surface area is 340 Å². The van der Waals surface area contributed by atoms with E-state index in [2.05, 4.69) is 242 Å². The summed E-state index contributed by atoms with van der Waals surface area (Å²) in [6.45, 7) is 4.35. The van der Waals surface area contributed by atoms with Crippen molar-refractivity contribution in [1.29, 1.82) is 0 Å². The number of hydrogen-bond acceptors (Lipinski definition) is 1. The zero-order valence-corrected chi connectivity index (χ0v) is 32.7. The Bertz CT molecular complexity index is 2900. The van der Waals surface area contributed by atoms with Gasteiger partial charge in [0.05, 0.1) is 22.4 Å². The van der Waals surface area contributed by atoms with E-state index in [-0.39, 0.29) is 0 Å². The van der Waals surface area contributed by atoms with E-state index >= 15 is 0 Å². The second kappa shape index (κ2) is 14.9. The van der Waals surface area contributed by atoms with Crippen LogP contribution in [0.2, 0.25) is 0 Å². The van der Waals surface area contributed by atoms with Gasteiger partial charge >= 0.3 is 0 Å². The molecule has 2 nitrogen and oxygen atoms in total. The van der Waals surface area contributed by atoms with E-state index in [1.54, 1.807) is 0 Å². The van der Waals surface area contributed by atoms with Crippen molar-refractivity contribution in [1.82, 2.24) is 4.57 Å². The number of hydrogen-bond donors (Lipinski definition) is 0. The Morgan fingerprint density at radius 2 is 0.776 bits per heavy atom. The van der Waals surface area contributed by atoms with Gasteiger partial charge in [0.2, 0.25) is 0 Å². The largest absolute Gasteiger partial charge is 0.310 e. The molecule has 0 radical (unpaired) electrons. The first-order valence-electron chi connectivity index (χ1n) is 20.0. The van der Waals surface area contributed by atoms with Gasteiger partial charge in [-0.05, 0) is 89.7 Å². The highest BCUT2D eigenvalue weighted by Gasteiger charge is 2.24. The fourth-order valence-corrected chi connectivity index (χ4v) is 8.60. The lowest BCUT2D eigenvalue weighted by atomic mass is 9.94. The maximum atomic E-state index is 2.51. The highest BCUT2D eigenvalue weighted by Crippen LogP contribution is 2.47. The smallest absolute Gasteiger partial charge is 0.0618 e. The molecule has 0 saturated heterocycles. The van der Waals surface area contributed by atoms with Crippen LogP contribution in [0, 0.1) is 13.8 Å². The van der Waals surface area contributed by atoms with E-state index < -0.39 is 0 Å². The first-order chi connectivity index (χ1) is 28.6. The number of nitrogens with zero attached hydrogens (tertiary/aromatic N) is 2. The Kier molecular flexibility index (Phi) is 9.01. The van der Waals surface area contributed by atoms with Crippen LogP contribution in [0.3, 0.4) is 0 Å². The summed E-state index contributed by atoms with van der Waals surface area (Å²) in [4.78, 5) is 2.43. The first kappa shape index (κ1) is 35.0. The summed E-state index contributed by atoms with van der Waals surface area (Å²) in [7, 11) is 0. The molecule has 0 unspecified atom stereocenters. The number of benzene rings is 9. The van der Waals surface area contributed by atoms with Crippen molar-refractivity contribution in [3.8, 4) is 50.2 Å². The lowest BCUT2D eigenvalue weighted by Crippen LogP contribution is -2.10. The van der Waals surface area contributed by atoms with E-state index in [1.807, 2.05) is 0 Å². The Morgan fingerprint density at radius 3 is 1.31 bits per heavy atom. The molecule has 9 aromatic carbocycles. The predicted molar refractivity (Wildman–Crippen MR) is 247 cm³/mol. The van der Waals surface area contributed by atoms with Gasteiger partial charge in [-0.15, -0.1) is 0 Å². The van der Waals surface area contributed by atoms with E-state index in [1.165, 1.54) is 72.1 Å². The zero-order chi connectivity index (χ0) is 39.0. The number of fused-ring (bicyclic) bond motifs is 3. The molecule has 0 atom stereocenters. The summed E-state index contributed by atoms with van der Waals surface area (Å²) >= 11 is 0. The average molecular weight is 743 g/mol. The molecule has 2 heteroatoms. The number of aromatic nitrogens is 1. The number of rotatable bonds is 8. The molecule has 1 aromatic heterocycles. The third-order valence-electron chi connectivity index (χ3n) is 11.3. The van der Waals surface area contributed by atoms with Crippen LogP contribution in [0.4, 0.5) is 17.1 Å². The monoisotopic (exact) mass is 742 g/mol. The lowest BCUT2D eigenvalue weighted by Gasteiger charge is -2.27. The van der Waals surface area contributed by atoms with Crippen LogP contribution in [0.15, 0.2) is 218 Å². The van der Waals surface area contributed by atoms with Crippen LogP contribution in [0.25, 0.3) is 72.0 Å². The molecule has 10 aromatic rings. The van der Waals surface area contributed by atoms with E-state index in [0.717, 1.165) is 28.1 Å². The number of aryl methyl sites for hydroxylation is 2. The summed E-state index contributed by atoms with van der Waals surface area (Å²) in [5.41, 5.74) is 18.9. The third-order valence-corrected chi connectivity index (χ3v) is 11.3. The minimum Gasteiger partial charge on any atom is -0.310 e. The number of anilines is 3. The van der Waals surface area contributed by atoms with Crippen molar-refractivity contribution in [2.45, 2.75) is 13.8 Å². The Balaban J connectivity index is 1.24. The summed E-state index contributed by atoms with van der Waals surface area (Å²) in [5, 5.41) is 2.40. The van der Waals surface area contributed by atoms with Gasteiger partial charge in [-0.3, -0.25) is 0 Å². The first-order valence-corrected chi connectivity index (χ1v) is 20.0. The summed E-state index contributed by atoms with van der Waals surface area (Å²) in [6, 6.07) is 79.5. The van der Waals surface area contributed by atoms with E-state index in [0.29, 0.717) is 0 Å². The summed E-state index contributed by atoms with van der Waals surface area (Å²) < 4.78 is 2.51. The highest BCUT2D eigenvalue weighted by atomic mass is 15.1. The van der Waals surface area contributed by atoms with Gasteiger partial charge in [-0.2, -0.15) is 0 Å². The molecular weight excluding hydrogens is 701 g/mol. The van der Waals surface area contributed by atoms with Crippen LogP contribution in [0.5, 0.6) is 0 Å². The maximum Gasteiger partial charge on any atom is 0.0618 e. The van der Waals surface area contributed by atoms with Crippen LogP contribution >= 0.6 is 0 Å². The zero-order valence-electron chi connectivity index (χ0n) is 32.7.